The number of rotatable bonds is 15. The first kappa shape index (κ1) is 31.5. The number of para-hydroxylation sites is 2. The summed E-state index contributed by atoms with van der Waals surface area (Å²) in [6, 6.07) is 22.4. The van der Waals surface area contributed by atoms with E-state index in [0.717, 1.165) is 28.1 Å². The Balaban J connectivity index is 2.08. The van der Waals surface area contributed by atoms with E-state index in [1.165, 1.54) is 4.90 Å². The normalized spacial score (nSPS) is 11.8. The number of hydrogen-bond acceptors (Lipinski definition) is 6. The predicted molar refractivity (Wildman–Crippen MR) is 161 cm³/mol. The van der Waals surface area contributed by atoms with Crippen LogP contribution in [-0.4, -0.2) is 64.2 Å². The maximum absolute atomic E-state index is 14.2. The Morgan fingerprint density at radius 1 is 0.927 bits per heavy atom. The van der Waals surface area contributed by atoms with Crippen LogP contribution in [0.4, 0.5) is 5.69 Å². The average molecular weight is 582 g/mol. The van der Waals surface area contributed by atoms with E-state index in [1.54, 1.807) is 56.5 Å². The molecule has 0 radical (unpaired) electrons. The molecular weight excluding hydrogens is 542 g/mol. The number of benzene rings is 3. The molecule has 0 unspecified atom stereocenters. The average Bonchev–Trinajstić information content (AvgIpc) is 2.97. The van der Waals surface area contributed by atoms with E-state index in [1.807, 2.05) is 43.3 Å². The second-order valence-corrected chi connectivity index (χ2v) is 11.4. The lowest BCUT2D eigenvalue weighted by Gasteiger charge is -2.33. The number of nitrogens with one attached hydrogen (secondary N) is 1. The van der Waals surface area contributed by atoms with Crippen LogP contribution in [0.5, 0.6) is 11.5 Å². The van der Waals surface area contributed by atoms with Crippen molar-refractivity contribution in [3.05, 3.63) is 90.0 Å². The Labute approximate surface area is 243 Å². The third-order valence-electron chi connectivity index (χ3n) is 6.42. The van der Waals surface area contributed by atoms with Gasteiger partial charge in [0.25, 0.3) is 0 Å². The van der Waals surface area contributed by atoms with Gasteiger partial charge in [0.2, 0.25) is 21.8 Å². The van der Waals surface area contributed by atoms with Crippen LogP contribution in [0.2, 0.25) is 0 Å². The molecule has 1 N–H and O–H groups in total. The van der Waals surface area contributed by atoms with E-state index < -0.39 is 28.5 Å². The Morgan fingerprint density at radius 2 is 1.61 bits per heavy atom. The molecule has 0 heterocycles. The molecule has 0 aliphatic rings. The summed E-state index contributed by atoms with van der Waals surface area (Å²) in [6.07, 6.45) is 2.02. The molecular formula is C31H39N3O6S. The lowest BCUT2D eigenvalue weighted by atomic mass is 10.0. The van der Waals surface area contributed by atoms with Gasteiger partial charge in [0.1, 0.15) is 24.1 Å². The molecule has 3 rings (SSSR count). The number of nitrogens with zero attached hydrogens (tertiary/aromatic N) is 2. The number of ether oxygens (including phenoxy) is 2. The topological polar surface area (TPSA) is 105 Å². The standard InChI is InChI=1S/C31H39N3O6S/c1-5-19-32-31(36)28(21-24-13-8-7-9-14-24)33(22-25-15-12-16-26(20-25)39-3)30(35)23-34(41(4,37)38)27-17-10-11-18-29(27)40-6-2/h7-18,20,28H,5-6,19,21-23H2,1-4H3,(H,32,36)/t28-/m1/s1. The van der Waals surface area contributed by atoms with Crippen molar-refractivity contribution in [1.82, 2.24) is 10.2 Å². The van der Waals surface area contributed by atoms with Crippen molar-refractivity contribution >= 4 is 27.5 Å². The number of anilines is 1. The second kappa shape index (κ2) is 15.1. The lowest BCUT2D eigenvalue weighted by Crippen LogP contribution is -2.53. The molecule has 0 aliphatic heterocycles. The monoisotopic (exact) mass is 581 g/mol. The van der Waals surface area contributed by atoms with Gasteiger partial charge in [0.05, 0.1) is 25.7 Å². The highest BCUT2D eigenvalue weighted by Gasteiger charge is 2.33. The molecule has 0 aromatic heterocycles. The van der Waals surface area contributed by atoms with Crippen LogP contribution in [0.15, 0.2) is 78.9 Å². The highest BCUT2D eigenvalue weighted by atomic mass is 32.2. The molecule has 0 saturated carbocycles. The first-order valence-electron chi connectivity index (χ1n) is 13.6. The number of carbonyl (C=O) groups excluding carboxylic acids is 2. The van der Waals surface area contributed by atoms with Gasteiger partial charge in [-0.2, -0.15) is 0 Å². The summed E-state index contributed by atoms with van der Waals surface area (Å²) in [5.74, 6) is 0.104. The smallest absolute Gasteiger partial charge is 0.244 e. The summed E-state index contributed by atoms with van der Waals surface area (Å²) < 4.78 is 38.1. The van der Waals surface area contributed by atoms with Crippen molar-refractivity contribution in [1.29, 1.82) is 0 Å². The van der Waals surface area contributed by atoms with E-state index in [4.69, 9.17) is 9.47 Å². The molecule has 1 atom stereocenters. The van der Waals surface area contributed by atoms with E-state index in [9.17, 15) is 18.0 Å². The first-order valence-corrected chi connectivity index (χ1v) is 15.5. The number of hydrogen-bond donors (Lipinski definition) is 1. The van der Waals surface area contributed by atoms with Crippen molar-refractivity contribution < 1.29 is 27.5 Å². The van der Waals surface area contributed by atoms with Crippen molar-refractivity contribution in [3.8, 4) is 11.5 Å². The van der Waals surface area contributed by atoms with Gasteiger partial charge < -0.3 is 19.7 Å². The van der Waals surface area contributed by atoms with E-state index in [0.29, 0.717) is 24.7 Å². The van der Waals surface area contributed by atoms with Crippen LogP contribution in [0, 0.1) is 0 Å². The zero-order valence-electron chi connectivity index (χ0n) is 24.1. The number of methoxy groups -OCH3 is 1. The van der Waals surface area contributed by atoms with E-state index in [-0.39, 0.29) is 24.6 Å². The Kier molecular flexibility index (Phi) is 11.6. The molecule has 0 bridgehead atoms. The summed E-state index contributed by atoms with van der Waals surface area (Å²) in [4.78, 5) is 29.2. The molecule has 3 aromatic carbocycles. The molecule has 0 aliphatic carbocycles. The fourth-order valence-corrected chi connectivity index (χ4v) is 5.28. The van der Waals surface area contributed by atoms with E-state index >= 15 is 0 Å². The quantitative estimate of drug-likeness (QED) is 0.291. The number of sulfonamides is 1. The second-order valence-electron chi connectivity index (χ2n) is 9.54. The van der Waals surface area contributed by atoms with E-state index in [2.05, 4.69) is 5.32 Å². The predicted octanol–water partition coefficient (Wildman–Crippen LogP) is 4.03. The molecule has 10 heteroatoms. The zero-order chi connectivity index (χ0) is 29.8. The largest absolute Gasteiger partial charge is 0.497 e. The summed E-state index contributed by atoms with van der Waals surface area (Å²) in [7, 11) is -2.35. The third-order valence-corrected chi connectivity index (χ3v) is 7.55. The zero-order valence-corrected chi connectivity index (χ0v) is 24.9. The number of amides is 2. The highest BCUT2D eigenvalue weighted by molar-refractivity contribution is 7.92. The van der Waals surface area contributed by atoms with Crippen LogP contribution in [0.1, 0.15) is 31.4 Å². The number of carbonyl (C=O) groups is 2. The molecule has 41 heavy (non-hydrogen) atoms. The van der Waals surface area contributed by atoms with Gasteiger partial charge in [-0.05, 0) is 48.7 Å². The molecule has 0 fully saturated rings. The molecule has 220 valence electrons. The highest BCUT2D eigenvalue weighted by Crippen LogP contribution is 2.30. The Bertz CT molecular complexity index is 1400. The molecule has 2 amide bonds. The first-order chi connectivity index (χ1) is 19.7. The molecule has 0 spiro atoms. The van der Waals surface area contributed by atoms with Gasteiger partial charge in [-0.3, -0.25) is 13.9 Å². The molecule has 3 aromatic rings. The fourth-order valence-electron chi connectivity index (χ4n) is 4.42. The van der Waals surface area contributed by atoms with Gasteiger partial charge in [-0.1, -0.05) is 61.5 Å². The fraction of sp³-hybridized carbons (Fsp3) is 0.355. The maximum atomic E-state index is 14.2. The van der Waals surface area contributed by atoms with Crippen molar-refractivity contribution in [2.75, 3.05) is 37.4 Å². The summed E-state index contributed by atoms with van der Waals surface area (Å²) >= 11 is 0. The molecule has 9 nitrogen and oxygen atoms in total. The van der Waals surface area contributed by atoms with Crippen molar-refractivity contribution in [2.45, 2.75) is 39.3 Å². The molecule has 0 saturated heterocycles. The third kappa shape index (κ3) is 8.97. The van der Waals surface area contributed by atoms with Crippen LogP contribution >= 0.6 is 0 Å². The van der Waals surface area contributed by atoms with Gasteiger partial charge in [-0.15, -0.1) is 0 Å². The van der Waals surface area contributed by atoms with Crippen LogP contribution in [0.25, 0.3) is 0 Å². The Hall–Kier alpha value is -4.05. The summed E-state index contributed by atoms with van der Waals surface area (Å²) in [5.41, 5.74) is 1.86. The van der Waals surface area contributed by atoms with Crippen LogP contribution in [-0.2, 0) is 32.6 Å². The van der Waals surface area contributed by atoms with Gasteiger partial charge in [0, 0.05) is 19.5 Å². The maximum Gasteiger partial charge on any atom is 0.244 e. The van der Waals surface area contributed by atoms with Gasteiger partial charge in [-0.25, -0.2) is 8.42 Å². The van der Waals surface area contributed by atoms with Crippen molar-refractivity contribution in [2.24, 2.45) is 0 Å². The minimum absolute atomic E-state index is 0.0672. The summed E-state index contributed by atoms with van der Waals surface area (Å²) in [6.45, 7) is 4.07. The lowest BCUT2D eigenvalue weighted by molar-refractivity contribution is -0.140. The van der Waals surface area contributed by atoms with Crippen LogP contribution < -0.4 is 19.1 Å². The SMILES string of the molecule is CCCNC(=O)[C@@H](Cc1ccccc1)N(Cc1cccc(OC)c1)C(=O)CN(c1ccccc1OCC)S(C)(=O)=O. The van der Waals surface area contributed by atoms with Gasteiger partial charge >= 0.3 is 0 Å². The minimum atomic E-state index is -3.90. The van der Waals surface area contributed by atoms with Gasteiger partial charge in [0.15, 0.2) is 0 Å². The van der Waals surface area contributed by atoms with Crippen molar-refractivity contribution in [3.63, 3.8) is 0 Å². The summed E-state index contributed by atoms with van der Waals surface area (Å²) in [5, 5.41) is 2.93. The Morgan fingerprint density at radius 3 is 2.27 bits per heavy atom. The minimum Gasteiger partial charge on any atom is -0.497 e. The van der Waals surface area contributed by atoms with Crippen LogP contribution in [0.3, 0.4) is 0 Å².